The van der Waals surface area contributed by atoms with E-state index in [1.807, 2.05) is 38.1 Å². The number of nitrogens with one attached hydrogen (secondary N) is 2. The van der Waals surface area contributed by atoms with E-state index in [9.17, 15) is 9.59 Å². The third-order valence-electron chi connectivity index (χ3n) is 4.40. The van der Waals surface area contributed by atoms with Gasteiger partial charge in [-0.05, 0) is 38.1 Å². The summed E-state index contributed by atoms with van der Waals surface area (Å²) < 4.78 is 6.08. The van der Waals surface area contributed by atoms with Crippen molar-refractivity contribution >= 4 is 38.6 Å². The highest BCUT2D eigenvalue weighted by molar-refractivity contribution is 7.22. The lowest BCUT2D eigenvalue weighted by atomic mass is 10.1. The number of rotatable bonds is 5. The largest absolute Gasteiger partial charge is 0.452 e. The number of aromatic nitrogens is 3. The summed E-state index contributed by atoms with van der Waals surface area (Å²) in [5.74, 6) is -0.256. The molecular weight excluding hydrogens is 388 g/mol. The first kappa shape index (κ1) is 18.8. The minimum absolute atomic E-state index is 0.363. The van der Waals surface area contributed by atoms with Gasteiger partial charge in [0.25, 0.3) is 5.91 Å². The monoisotopic (exact) mass is 406 g/mol. The van der Waals surface area contributed by atoms with Crippen LogP contribution in [0.3, 0.4) is 0 Å². The van der Waals surface area contributed by atoms with Gasteiger partial charge in [-0.2, -0.15) is 0 Å². The number of amides is 1. The van der Waals surface area contributed by atoms with Gasteiger partial charge in [0.2, 0.25) is 0 Å². The maximum Gasteiger partial charge on any atom is 0.338 e. The van der Waals surface area contributed by atoms with Gasteiger partial charge >= 0.3 is 5.97 Å². The van der Waals surface area contributed by atoms with Crippen molar-refractivity contribution in [2.24, 2.45) is 0 Å². The Morgan fingerprint density at radius 2 is 1.83 bits per heavy atom. The molecular formula is C21H18N4O3S. The summed E-state index contributed by atoms with van der Waals surface area (Å²) in [6, 6.07) is 14.5. The first-order chi connectivity index (χ1) is 14.0. The van der Waals surface area contributed by atoms with E-state index in [-0.39, 0.29) is 6.61 Å². The molecule has 2 aromatic carbocycles. The van der Waals surface area contributed by atoms with Gasteiger partial charge in [-0.3, -0.25) is 10.1 Å². The standard InChI is InChI=1S/C21H18N4O3S/c1-12-13(2)23-19(22-12)14-7-9-15(10-8-14)20(27)28-11-18(26)25-21-24-16-5-3-4-6-17(16)29-21/h3-10H,11H2,1-2H3,(H,22,23)(H,24,25,26). The van der Waals surface area contributed by atoms with Crippen LogP contribution in [0, 0.1) is 13.8 Å². The lowest BCUT2D eigenvalue weighted by molar-refractivity contribution is -0.119. The fourth-order valence-electron chi connectivity index (χ4n) is 2.74. The number of H-pyrrole nitrogens is 1. The van der Waals surface area contributed by atoms with Gasteiger partial charge in [-0.1, -0.05) is 35.6 Å². The molecule has 0 bridgehead atoms. The van der Waals surface area contributed by atoms with Crippen LogP contribution in [-0.2, 0) is 9.53 Å². The van der Waals surface area contributed by atoms with Crippen molar-refractivity contribution in [3.05, 3.63) is 65.5 Å². The summed E-state index contributed by atoms with van der Waals surface area (Å²) in [5.41, 5.74) is 3.98. The number of hydrogen-bond acceptors (Lipinski definition) is 6. The van der Waals surface area contributed by atoms with Crippen LogP contribution in [0.4, 0.5) is 5.13 Å². The number of anilines is 1. The maximum atomic E-state index is 12.2. The molecule has 4 rings (SSSR count). The molecule has 7 nitrogen and oxygen atoms in total. The minimum Gasteiger partial charge on any atom is -0.452 e. The first-order valence-electron chi connectivity index (χ1n) is 8.96. The lowest BCUT2D eigenvalue weighted by Crippen LogP contribution is -2.20. The van der Waals surface area contributed by atoms with Crippen LogP contribution in [0.25, 0.3) is 21.6 Å². The van der Waals surface area contributed by atoms with Crippen LogP contribution in [-0.4, -0.2) is 33.4 Å². The number of aryl methyl sites for hydroxylation is 2. The first-order valence-corrected chi connectivity index (χ1v) is 9.77. The molecule has 0 aliphatic carbocycles. The average molecular weight is 406 g/mol. The Morgan fingerprint density at radius 1 is 1.07 bits per heavy atom. The zero-order chi connectivity index (χ0) is 20.4. The smallest absolute Gasteiger partial charge is 0.338 e. The normalized spacial score (nSPS) is 10.8. The van der Waals surface area contributed by atoms with Gasteiger partial charge in [0.15, 0.2) is 11.7 Å². The predicted molar refractivity (Wildman–Crippen MR) is 112 cm³/mol. The second kappa shape index (κ2) is 7.84. The number of carbonyl (C=O) groups is 2. The highest BCUT2D eigenvalue weighted by atomic mass is 32.1. The number of thiazole rings is 1. The number of carbonyl (C=O) groups excluding carboxylic acids is 2. The van der Waals surface area contributed by atoms with Crippen molar-refractivity contribution in [1.82, 2.24) is 15.0 Å². The van der Waals surface area contributed by atoms with E-state index in [1.165, 1.54) is 11.3 Å². The third-order valence-corrected chi connectivity index (χ3v) is 5.35. The second-order valence-electron chi connectivity index (χ2n) is 6.48. The molecule has 0 radical (unpaired) electrons. The molecule has 8 heteroatoms. The van der Waals surface area contributed by atoms with Crippen LogP contribution in [0.1, 0.15) is 21.7 Å². The number of para-hydroxylation sites is 1. The Bertz CT molecular complexity index is 1140. The fourth-order valence-corrected chi connectivity index (χ4v) is 3.63. The summed E-state index contributed by atoms with van der Waals surface area (Å²) in [7, 11) is 0. The maximum absolute atomic E-state index is 12.2. The summed E-state index contributed by atoms with van der Waals surface area (Å²) >= 11 is 1.37. The molecule has 146 valence electrons. The molecule has 1 amide bonds. The Balaban J connectivity index is 1.34. The summed E-state index contributed by atoms with van der Waals surface area (Å²) in [6.45, 7) is 3.50. The van der Waals surface area contributed by atoms with E-state index < -0.39 is 11.9 Å². The second-order valence-corrected chi connectivity index (χ2v) is 7.51. The molecule has 0 saturated carbocycles. The zero-order valence-electron chi connectivity index (χ0n) is 15.9. The van der Waals surface area contributed by atoms with Crippen molar-refractivity contribution in [3.8, 4) is 11.4 Å². The Hall–Kier alpha value is -3.52. The number of nitrogens with zero attached hydrogens (tertiary/aromatic N) is 2. The van der Waals surface area contributed by atoms with Gasteiger partial charge in [0.1, 0.15) is 5.82 Å². The van der Waals surface area contributed by atoms with Gasteiger partial charge < -0.3 is 9.72 Å². The number of aromatic amines is 1. The fraction of sp³-hybridized carbons (Fsp3) is 0.143. The van der Waals surface area contributed by atoms with E-state index in [0.29, 0.717) is 10.7 Å². The Labute approximate surface area is 170 Å². The van der Waals surface area contributed by atoms with E-state index >= 15 is 0 Å². The number of ether oxygens (including phenoxy) is 1. The van der Waals surface area contributed by atoms with E-state index in [2.05, 4.69) is 20.3 Å². The predicted octanol–water partition coefficient (Wildman–Crippen LogP) is 4.10. The molecule has 0 aliphatic heterocycles. The summed E-state index contributed by atoms with van der Waals surface area (Å²) in [6.07, 6.45) is 0. The quantitative estimate of drug-likeness (QED) is 0.487. The third kappa shape index (κ3) is 4.17. The number of imidazole rings is 1. The lowest BCUT2D eigenvalue weighted by Gasteiger charge is -2.05. The van der Waals surface area contributed by atoms with Crippen LogP contribution in [0.5, 0.6) is 0 Å². The molecule has 2 heterocycles. The summed E-state index contributed by atoms with van der Waals surface area (Å²) in [5, 5.41) is 3.13. The van der Waals surface area contributed by atoms with Gasteiger partial charge in [0.05, 0.1) is 21.5 Å². The summed E-state index contributed by atoms with van der Waals surface area (Å²) in [4.78, 5) is 36.2. The van der Waals surface area contributed by atoms with Crippen molar-refractivity contribution in [2.45, 2.75) is 13.8 Å². The molecule has 0 saturated heterocycles. The highest BCUT2D eigenvalue weighted by Gasteiger charge is 2.13. The van der Waals surface area contributed by atoms with E-state index in [0.717, 1.165) is 33.0 Å². The van der Waals surface area contributed by atoms with Crippen molar-refractivity contribution in [3.63, 3.8) is 0 Å². The van der Waals surface area contributed by atoms with Crippen LogP contribution in [0.2, 0.25) is 0 Å². The Kier molecular flexibility index (Phi) is 5.09. The molecule has 0 spiro atoms. The average Bonchev–Trinajstić information content (AvgIpc) is 3.28. The van der Waals surface area contributed by atoms with Gasteiger partial charge in [-0.25, -0.2) is 14.8 Å². The zero-order valence-corrected chi connectivity index (χ0v) is 16.7. The molecule has 2 aromatic heterocycles. The molecule has 29 heavy (non-hydrogen) atoms. The molecule has 0 aliphatic rings. The van der Waals surface area contributed by atoms with E-state index in [4.69, 9.17) is 4.74 Å². The highest BCUT2D eigenvalue weighted by Crippen LogP contribution is 2.25. The topological polar surface area (TPSA) is 97.0 Å². The van der Waals surface area contributed by atoms with Crippen LogP contribution < -0.4 is 5.32 Å². The molecule has 0 fully saturated rings. The number of benzene rings is 2. The van der Waals surface area contributed by atoms with Crippen LogP contribution in [0.15, 0.2) is 48.5 Å². The van der Waals surface area contributed by atoms with Crippen molar-refractivity contribution in [1.29, 1.82) is 0 Å². The Morgan fingerprint density at radius 3 is 2.52 bits per heavy atom. The number of esters is 1. The SMILES string of the molecule is Cc1nc(-c2ccc(C(=O)OCC(=O)Nc3nc4ccccc4s3)cc2)[nH]c1C. The number of hydrogen-bond donors (Lipinski definition) is 2. The molecule has 4 aromatic rings. The van der Waals surface area contributed by atoms with Crippen LogP contribution >= 0.6 is 11.3 Å². The molecule has 0 atom stereocenters. The van der Waals surface area contributed by atoms with Crippen molar-refractivity contribution in [2.75, 3.05) is 11.9 Å². The van der Waals surface area contributed by atoms with Gasteiger partial charge in [-0.15, -0.1) is 0 Å². The van der Waals surface area contributed by atoms with Crippen molar-refractivity contribution < 1.29 is 14.3 Å². The van der Waals surface area contributed by atoms with Gasteiger partial charge in [0, 0.05) is 11.3 Å². The minimum atomic E-state index is -0.567. The number of fused-ring (bicyclic) bond motifs is 1. The molecule has 0 unspecified atom stereocenters. The van der Waals surface area contributed by atoms with E-state index in [1.54, 1.807) is 24.3 Å². The molecule has 2 N–H and O–H groups in total.